The SMILES string of the molecule is CC.CCOC(=O)c1csc(Sc2ccn[nH]2)n1. The van der Waals surface area contributed by atoms with Crippen LogP contribution in [0.25, 0.3) is 0 Å². The molecule has 0 unspecified atom stereocenters. The molecule has 5 nitrogen and oxygen atoms in total. The highest BCUT2D eigenvalue weighted by Gasteiger charge is 2.12. The quantitative estimate of drug-likeness (QED) is 0.874. The summed E-state index contributed by atoms with van der Waals surface area (Å²) in [6, 6.07) is 1.84. The van der Waals surface area contributed by atoms with Gasteiger partial charge in [-0.05, 0) is 24.8 Å². The third-order valence-corrected chi connectivity index (χ3v) is 3.53. The summed E-state index contributed by atoms with van der Waals surface area (Å²) in [5.41, 5.74) is 0.355. The van der Waals surface area contributed by atoms with Gasteiger partial charge in [0.2, 0.25) is 0 Å². The Labute approximate surface area is 114 Å². The van der Waals surface area contributed by atoms with Crippen LogP contribution < -0.4 is 0 Å². The molecular formula is C11H15N3O2S2. The average Bonchev–Trinajstić information content (AvgIpc) is 3.04. The number of hydrogen-bond acceptors (Lipinski definition) is 6. The number of H-pyrrole nitrogens is 1. The van der Waals surface area contributed by atoms with Crippen LogP contribution in [0.4, 0.5) is 0 Å². The standard InChI is InChI=1S/C9H9N3O2S2.C2H6/c1-2-14-8(13)6-5-15-9(11-6)16-7-3-4-10-12-7;1-2/h3-5H,2H2,1H3,(H,10,12);1-2H3. The molecule has 0 aromatic carbocycles. The summed E-state index contributed by atoms with van der Waals surface area (Å²) in [6.07, 6.45) is 1.67. The molecule has 2 heterocycles. The zero-order chi connectivity index (χ0) is 13.4. The Hall–Kier alpha value is -1.34. The molecule has 0 aliphatic rings. The second kappa shape index (κ2) is 7.88. The Kier molecular flexibility index (Phi) is 6.45. The third-order valence-electron chi connectivity index (χ3n) is 1.64. The maximum absolute atomic E-state index is 11.4. The summed E-state index contributed by atoms with van der Waals surface area (Å²) in [5, 5.41) is 9.23. The van der Waals surface area contributed by atoms with Crippen molar-refractivity contribution in [2.45, 2.75) is 30.1 Å². The van der Waals surface area contributed by atoms with Gasteiger partial charge in [0.15, 0.2) is 10.0 Å². The van der Waals surface area contributed by atoms with E-state index in [1.807, 2.05) is 19.9 Å². The summed E-state index contributed by atoms with van der Waals surface area (Å²) in [6.45, 7) is 6.13. The number of esters is 1. The van der Waals surface area contributed by atoms with Gasteiger partial charge in [-0.2, -0.15) is 5.10 Å². The van der Waals surface area contributed by atoms with Crippen molar-refractivity contribution in [3.63, 3.8) is 0 Å². The molecule has 98 valence electrons. The van der Waals surface area contributed by atoms with Gasteiger partial charge in [0.05, 0.1) is 11.6 Å². The van der Waals surface area contributed by atoms with Crippen LogP contribution in [0.3, 0.4) is 0 Å². The molecular weight excluding hydrogens is 270 g/mol. The first kappa shape index (κ1) is 14.7. The number of aromatic nitrogens is 3. The zero-order valence-electron chi connectivity index (χ0n) is 10.5. The molecule has 0 fully saturated rings. The van der Waals surface area contributed by atoms with Crippen molar-refractivity contribution in [3.8, 4) is 0 Å². The van der Waals surface area contributed by atoms with Crippen LogP contribution in [0, 0.1) is 0 Å². The maximum atomic E-state index is 11.4. The molecule has 0 atom stereocenters. The Morgan fingerprint density at radius 3 is 2.94 bits per heavy atom. The number of hydrogen-bond donors (Lipinski definition) is 1. The first-order chi connectivity index (χ1) is 8.79. The number of carbonyl (C=O) groups excluding carboxylic acids is 1. The fourth-order valence-corrected chi connectivity index (χ4v) is 2.67. The Balaban J connectivity index is 0.000000771. The molecule has 0 spiro atoms. The second-order valence-electron chi connectivity index (χ2n) is 2.74. The molecule has 0 saturated heterocycles. The number of thiazole rings is 1. The largest absolute Gasteiger partial charge is 0.461 e. The van der Waals surface area contributed by atoms with Gasteiger partial charge in [-0.3, -0.25) is 5.10 Å². The van der Waals surface area contributed by atoms with E-state index in [0.717, 1.165) is 9.37 Å². The van der Waals surface area contributed by atoms with E-state index in [4.69, 9.17) is 4.74 Å². The summed E-state index contributed by atoms with van der Waals surface area (Å²) < 4.78 is 5.64. The van der Waals surface area contributed by atoms with E-state index in [-0.39, 0.29) is 5.97 Å². The lowest BCUT2D eigenvalue weighted by molar-refractivity contribution is 0.0520. The van der Waals surface area contributed by atoms with Crippen LogP contribution >= 0.6 is 23.1 Å². The molecule has 1 N–H and O–H groups in total. The van der Waals surface area contributed by atoms with Crippen LogP contribution in [0.15, 0.2) is 27.0 Å². The predicted octanol–water partition coefficient (Wildman–Crippen LogP) is 3.22. The Bertz CT molecular complexity index is 468. The van der Waals surface area contributed by atoms with E-state index in [1.54, 1.807) is 18.5 Å². The first-order valence-corrected chi connectivity index (χ1v) is 7.29. The fraction of sp³-hybridized carbons (Fsp3) is 0.364. The van der Waals surface area contributed by atoms with Gasteiger partial charge in [0.1, 0.15) is 0 Å². The fourth-order valence-electron chi connectivity index (χ4n) is 0.997. The van der Waals surface area contributed by atoms with Gasteiger partial charge in [-0.25, -0.2) is 9.78 Å². The van der Waals surface area contributed by atoms with Gasteiger partial charge < -0.3 is 4.74 Å². The summed E-state index contributed by atoms with van der Waals surface area (Å²) in [5.74, 6) is -0.379. The van der Waals surface area contributed by atoms with Crippen molar-refractivity contribution in [3.05, 3.63) is 23.3 Å². The van der Waals surface area contributed by atoms with Gasteiger partial charge in [0, 0.05) is 11.6 Å². The topological polar surface area (TPSA) is 67.9 Å². The van der Waals surface area contributed by atoms with Gasteiger partial charge in [0.25, 0.3) is 0 Å². The number of ether oxygens (including phenoxy) is 1. The van der Waals surface area contributed by atoms with Crippen LogP contribution in [0.5, 0.6) is 0 Å². The molecule has 7 heteroatoms. The lowest BCUT2D eigenvalue weighted by Crippen LogP contribution is -2.04. The lowest BCUT2D eigenvalue weighted by atomic mass is 10.5. The van der Waals surface area contributed by atoms with E-state index >= 15 is 0 Å². The minimum atomic E-state index is -0.379. The van der Waals surface area contributed by atoms with Crippen molar-refractivity contribution in [1.82, 2.24) is 15.2 Å². The Morgan fingerprint density at radius 2 is 2.33 bits per heavy atom. The van der Waals surface area contributed by atoms with E-state index < -0.39 is 0 Å². The smallest absolute Gasteiger partial charge is 0.357 e. The van der Waals surface area contributed by atoms with E-state index in [9.17, 15) is 4.79 Å². The monoisotopic (exact) mass is 285 g/mol. The highest BCUT2D eigenvalue weighted by molar-refractivity contribution is 8.01. The molecule has 0 amide bonds. The lowest BCUT2D eigenvalue weighted by Gasteiger charge is -1.95. The average molecular weight is 285 g/mol. The normalized spacial score (nSPS) is 9.50. The van der Waals surface area contributed by atoms with Crippen LogP contribution in [-0.4, -0.2) is 27.8 Å². The van der Waals surface area contributed by atoms with E-state index in [2.05, 4.69) is 15.2 Å². The molecule has 2 aromatic rings. The number of nitrogens with one attached hydrogen (secondary N) is 1. The van der Waals surface area contributed by atoms with Crippen molar-refractivity contribution < 1.29 is 9.53 Å². The summed E-state index contributed by atoms with van der Waals surface area (Å²) in [7, 11) is 0. The van der Waals surface area contributed by atoms with Gasteiger partial charge in [-0.15, -0.1) is 11.3 Å². The van der Waals surface area contributed by atoms with Crippen molar-refractivity contribution in [1.29, 1.82) is 0 Å². The molecule has 0 saturated carbocycles. The number of nitrogens with zero attached hydrogens (tertiary/aromatic N) is 2. The van der Waals surface area contributed by atoms with E-state index in [0.29, 0.717) is 12.3 Å². The van der Waals surface area contributed by atoms with Crippen LogP contribution in [0.1, 0.15) is 31.3 Å². The molecule has 2 aromatic heterocycles. The number of carbonyl (C=O) groups is 1. The highest BCUT2D eigenvalue weighted by atomic mass is 32.2. The van der Waals surface area contributed by atoms with Crippen molar-refractivity contribution in [2.24, 2.45) is 0 Å². The van der Waals surface area contributed by atoms with Crippen LogP contribution in [0.2, 0.25) is 0 Å². The summed E-state index contributed by atoms with van der Waals surface area (Å²) in [4.78, 5) is 15.5. The predicted molar refractivity (Wildman–Crippen MR) is 72.1 cm³/mol. The Morgan fingerprint density at radius 1 is 1.56 bits per heavy atom. The second-order valence-corrected chi connectivity index (χ2v) is 4.89. The van der Waals surface area contributed by atoms with Crippen molar-refractivity contribution >= 4 is 29.1 Å². The first-order valence-electron chi connectivity index (χ1n) is 5.59. The van der Waals surface area contributed by atoms with E-state index in [1.165, 1.54) is 23.1 Å². The van der Waals surface area contributed by atoms with Gasteiger partial charge >= 0.3 is 5.97 Å². The van der Waals surface area contributed by atoms with Gasteiger partial charge in [-0.1, -0.05) is 13.8 Å². The minimum Gasteiger partial charge on any atom is -0.461 e. The van der Waals surface area contributed by atoms with Crippen molar-refractivity contribution in [2.75, 3.05) is 6.61 Å². The third kappa shape index (κ3) is 4.15. The molecule has 0 aliphatic heterocycles. The van der Waals surface area contributed by atoms with Crippen LogP contribution in [-0.2, 0) is 4.74 Å². The zero-order valence-corrected chi connectivity index (χ0v) is 12.1. The molecule has 0 aliphatic carbocycles. The number of aromatic amines is 1. The number of rotatable bonds is 4. The summed E-state index contributed by atoms with van der Waals surface area (Å²) >= 11 is 2.84. The highest BCUT2D eigenvalue weighted by Crippen LogP contribution is 2.28. The molecule has 0 radical (unpaired) electrons. The molecule has 0 bridgehead atoms. The minimum absolute atomic E-state index is 0.355. The molecule has 18 heavy (non-hydrogen) atoms. The molecule has 2 rings (SSSR count). The maximum Gasteiger partial charge on any atom is 0.357 e.